The molecule has 2 aliphatic rings. The van der Waals surface area contributed by atoms with Crippen LogP contribution in [0.15, 0.2) is 12.1 Å². The molecule has 20 heavy (non-hydrogen) atoms. The van der Waals surface area contributed by atoms with E-state index in [2.05, 4.69) is 29.4 Å². The lowest BCUT2D eigenvalue weighted by atomic mass is 9.89. The number of hydrogen-bond acceptors (Lipinski definition) is 3. The first-order chi connectivity index (χ1) is 9.70. The summed E-state index contributed by atoms with van der Waals surface area (Å²) >= 11 is 0. The van der Waals surface area contributed by atoms with Gasteiger partial charge in [0.15, 0.2) is 0 Å². The predicted molar refractivity (Wildman–Crippen MR) is 80.9 cm³/mol. The van der Waals surface area contributed by atoms with Crippen molar-refractivity contribution in [1.82, 2.24) is 10.3 Å². The molecule has 0 amide bonds. The minimum Gasteiger partial charge on any atom is -0.488 e. The smallest absolute Gasteiger partial charge is 0.142 e. The standard InChI is InChI=1S/C17H26N2O/c1-12-4-3-5-15(10-12)20-17-9-6-13(2)19-16(17)11-18-14-7-8-14/h6,9,12,14-15,18H,3-5,7-8,10-11H2,1-2H3. The lowest BCUT2D eigenvalue weighted by Crippen LogP contribution is -2.25. The number of ether oxygens (including phenoxy) is 1. The third kappa shape index (κ3) is 3.72. The van der Waals surface area contributed by atoms with E-state index in [1.54, 1.807) is 0 Å². The highest BCUT2D eigenvalue weighted by Crippen LogP contribution is 2.29. The molecular weight excluding hydrogens is 248 g/mol. The topological polar surface area (TPSA) is 34.1 Å². The summed E-state index contributed by atoms with van der Waals surface area (Å²) in [7, 11) is 0. The molecule has 2 aliphatic carbocycles. The largest absolute Gasteiger partial charge is 0.488 e. The average molecular weight is 274 g/mol. The molecular formula is C17H26N2O. The van der Waals surface area contributed by atoms with Gasteiger partial charge in [0.05, 0.1) is 11.8 Å². The third-order valence-corrected chi connectivity index (χ3v) is 4.39. The van der Waals surface area contributed by atoms with Gasteiger partial charge < -0.3 is 10.1 Å². The van der Waals surface area contributed by atoms with E-state index < -0.39 is 0 Å². The van der Waals surface area contributed by atoms with E-state index in [-0.39, 0.29) is 0 Å². The molecule has 1 aromatic heterocycles. The summed E-state index contributed by atoms with van der Waals surface area (Å²) in [5.74, 6) is 1.78. The third-order valence-electron chi connectivity index (χ3n) is 4.39. The molecule has 0 aromatic carbocycles. The van der Waals surface area contributed by atoms with Gasteiger partial charge in [-0.2, -0.15) is 0 Å². The lowest BCUT2D eigenvalue weighted by molar-refractivity contribution is 0.127. The van der Waals surface area contributed by atoms with Gasteiger partial charge in [-0.25, -0.2) is 0 Å². The Hall–Kier alpha value is -1.09. The summed E-state index contributed by atoms with van der Waals surface area (Å²) in [5, 5.41) is 3.54. The Morgan fingerprint density at radius 3 is 2.85 bits per heavy atom. The van der Waals surface area contributed by atoms with Crippen LogP contribution in [0.1, 0.15) is 56.8 Å². The van der Waals surface area contributed by atoms with Crippen LogP contribution in [-0.4, -0.2) is 17.1 Å². The van der Waals surface area contributed by atoms with E-state index in [1.807, 2.05) is 6.92 Å². The number of aryl methyl sites for hydroxylation is 1. The first-order valence-electron chi connectivity index (χ1n) is 8.07. The maximum absolute atomic E-state index is 6.26. The first kappa shape index (κ1) is 13.9. The zero-order valence-electron chi connectivity index (χ0n) is 12.7. The van der Waals surface area contributed by atoms with Gasteiger partial charge in [-0.1, -0.05) is 13.3 Å². The molecule has 3 nitrogen and oxygen atoms in total. The van der Waals surface area contributed by atoms with E-state index in [0.717, 1.165) is 29.6 Å². The van der Waals surface area contributed by atoms with Gasteiger partial charge in [0, 0.05) is 18.3 Å². The Morgan fingerprint density at radius 2 is 2.10 bits per heavy atom. The molecule has 110 valence electrons. The van der Waals surface area contributed by atoms with Crippen molar-refractivity contribution in [3.8, 4) is 5.75 Å². The average Bonchev–Trinajstić information content (AvgIpc) is 3.23. The molecule has 2 atom stereocenters. The molecule has 2 saturated carbocycles. The Kier molecular flexibility index (Phi) is 4.25. The fourth-order valence-corrected chi connectivity index (χ4v) is 3.03. The van der Waals surface area contributed by atoms with Gasteiger partial charge in [-0.05, 0) is 57.1 Å². The molecule has 1 aromatic rings. The van der Waals surface area contributed by atoms with Crippen LogP contribution in [0.3, 0.4) is 0 Å². The summed E-state index contributed by atoms with van der Waals surface area (Å²) in [5.41, 5.74) is 2.15. The SMILES string of the molecule is Cc1ccc(OC2CCCC(C)C2)c(CNC2CC2)n1. The van der Waals surface area contributed by atoms with Crippen LogP contribution >= 0.6 is 0 Å². The molecule has 2 fully saturated rings. The van der Waals surface area contributed by atoms with E-state index in [4.69, 9.17) is 4.74 Å². The number of pyridine rings is 1. The molecule has 1 N–H and O–H groups in total. The molecule has 3 heteroatoms. The van der Waals surface area contributed by atoms with Gasteiger partial charge in [-0.3, -0.25) is 4.98 Å². The van der Waals surface area contributed by atoms with Gasteiger partial charge in [0.1, 0.15) is 5.75 Å². The van der Waals surface area contributed by atoms with E-state index in [1.165, 1.54) is 38.5 Å². The number of hydrogen-bond donors (Lipinski definition) is 1. The van der Waals surface area contributed by atoms with Crippen molar-refractivity contribution in [2.24, 2.45) is 5.92 Å². The highest BCUT2D eigenvalue weighted by molar-refractivity contribution is 5.29. The number of aromatic nitrogens is 1. The number of nitrogens with zero attached hydrogens (tertiary/aromatic N) is 1. The first-order valence-corrected chi connectivity index (χ1v) is 8.07. The maximum Gasteiger partial charge on any atom is 0.142 e. The summed E-state index contributed by atoms with van der Waals surface area (Å²) in [6.07, 6.45) is 8.01. The van der Waals surface area contributed by atoms with Gasteiger partial charge in [0.2, 0.25) is 0 Å². The van der Waals surface area contributed by atoms with Gasteiger partial charge in [0.25, 0.3) is 0 Å². The van der Waals surface area contributed by atoms with Crippen molar-refractivity contribution in [3.05, 3.63) is 23.5 Å². The Labute approximate surface area is 122 Å². The molecule has 0 aliphatic heterocycles. The maximum atomic E-state index is 6.26. The lowest BCUT2D eigenvalue weighted by Gasteiger charge is -2.28. The second-order valence-electron chi connectivity index (χ2n) is 6.56. The summed E-state index contributed by atoms with van der Waals surface area (Å²) in [4.78, 5) is 4.67. The van der Waals surface area contributed by atoms with Crippen molar-refractivity contribution in [1.29, 1.82) is 0 Å². The van der Waals surface area contributed by atoms with Gasteiger partial charge >= 0.3 is 0 Å². The molecule has 0 saturated heterocycles. The van der Waals surface area contributed by atoms with Crippen LogP contribution in [0.25, 0.3) is 0 Å². The molecule has 1 heterocycles. The van der Waals surface area contributed by atoms with E-state index in [0.29, 0.717) is 12.1 Å². The van der Waals surface area contributed by atoms with Crippen LogP contribution in [0.5, 0.6) is 5.75 Å². The van der Waals surface area contributed by atoms with Crippen molar-refractivity contribution >= 4 is 0 Å². The van der Waals surface area contributed by atoms with E-state index >= 15 is 0 Å². The minimum absolute atomic E-state index is 0.378. The highest BCUT2D eigenvalue weighted by Gasteiger charge is 2.23. The molecule has 3 rings (SSSR count). The number of rotatable bonds is 5. The molecule has 2 unspecified atom stereocenters. The van der Waals surface area contributed by atoms with Crippen LogP contribution in [0, 0.1) is 12.8 Å². The fraction of sp³-hybridized carbons (Fsp3) is 0.706. The summed E-state index contributed by atoms with van der Waals surface area (Å²) in [6, 6.07) is 4.87. The monoisotopic (exact) mass is 274 g/mol. The molecule has 0 bridgehead atoms. The summed E-state index contributed by atoms with van der Waals surface area (Å²) < 4.78 is 6.26. The van der Waals surface area contributed by atoms with Crippen molar-refractivity contribution in [2.45, 2.75) is 71.1 Å². The Balaban J connectivity index is 1.66. The molecule has 0 radical (unpaired) electrons. The van der Waals surface area contributed by atoms with E-state index in [9.17, 15) is 0 Å². The van der Waals surface area contributed by atoms with Crippen molar-refractivity contribution in [2.75, 3.05) is 0 Å². The van der Waals surface area contributed by atoms with Crippen LogP contribution in [0.2, 0.25) is 0 Å². The van der Waals surface area contributed by atoms with Crippen LogP contribution in [0.4, 0.5) is 0 Å². The van der Waals surface area contributed by atoms with Gasteiger partial charge in [-0.15, -0.1) is 0 Å². The summed E-state index contributed by atoms with van der Waals surface area (Å²) in [6.45, 7) is 5.22. The Morgan fingerprint density at radius 1 is 1.25 bits per heavy atom. The zero-order valence-corrected chi connectivity index (χ0v) is 12.7. The minimum atomic E-state index is 0.378. The van der Waals surface area contributed by atoms with Crippen molar-refractivity contribution < 1.29 is 4.74 Å². The zero-order chi connectivity index (χ0) is 13.9. The number of nitrogens with one attached hydrogen (secondary N) is 1. The normalized spacial score (nSPS) is 26.5. The second kappa shape index (κ2) is 6.13. The quantitative estimate of drug-likeness (QED) is 0.891. The molecule has 0 spiro atoms. The predicted octanol–water partition coefficient (Wildman–Crippen LogP) is 3.60. The highest BCUT2D eigenvalue weighted by atomic mass is 16.5. The van der Waals surface area contributed by atoms with Crippen LogP contribution in [-0.2, 0) is 6.54 Å². The van der Waals surface area contributed by atoms with Crippen molar-refractivity contribution in [3.63, 3.8) is 0 Å². The van der Waals surface area contributed by atoms with Crippen LogP contribution < -0.4 is 10.1 Å². The Bertz CT molecular complexity index is 456. The fourth-order valence-electron chi connectivity index (χ4n) is 3.03. The second-order valence-corrected chi connectivity index (χ2v) is 6.56.